The van der Waals surface area contributed by atoms with E-state index in [1.165, 1.54) is 6.33 Å². The SMILES string of the molecule is COc1ccc(C(OC[C@@]23CN(C)O[C@@H]([C@H](n4cnc5c(NC(=O)c6ccccc6)ncnc54)O2)[C@@H]3OP(OCCC#N)N(C(C)C)C(C)C)(c2ccccc2)c2ccc(OC)cc2)cc1. The fraction of sp³-hybridized carbons (Fsp3) is 0.367. The van der Waals surface area contributed by atoms with Gasteiger partial charge in [0.2, 0.25) is 0 Å². The highest BCUT2D eigenvalue weighted by molar-refractivity contribution is 7.44. The second-order valence-corrected chi connectivity index (χ2v) is 18.1. The maximum absolute atomic E-state index is 13.3. The standard InChI is InChI=1S/C49H55N8O8P/c1-33(2)57(34(3)4)66(62-28-14-27-50)65-43-42-47(56-32-53-41-44(51-31-52-45(41)56)54-46(58)35-15-10-8-11-16-35)63-48(43,29-55(5)64-42)30-61-49(36-17-12-9-13-18-36,37-19-23-39(59-6)24-20-37)38-21-25-40(60-7)26-22-38/h8-13,15-26,31-34,42-43,47H,14,28-30H2,1-7H3,(H,51,52,54,58)/t42-,43+,47-,48-,66?/m1/s1. The molecule has 0 spiro atoms. The number of hydrogen-bond acceptors (Lipinski definition) is 14. The monoisotopic (exact) mass is 914 g/mol. The first kappa shape index (κ1) is 46.7. The van der Waals surface area contributed by atoms with Crippen LogP contribution < -0.4 is 14.8 Å². The zero-order valence-electron chi connectivity index (χ0n) is 38.1. The van der Waals surface area contributed by atoms with Crippen LogP contribution in [0.4, 0.5) is 5.82 Å². The quantitative estimate of drug-likeness (QED) is 0.0468. The number of hydrogen-bond donors (Lipinski definition) is 1. The summed E-state index contributed by atoms with van der Waals surface area (Å²) in [6.45, 7) is 8.72. The third kappa shape index (κ3) is 9.26. The fourth-order valence-electron chi connectivity index (χ4n) is 8.81. The van der Waals surface area contributed by atoms with Gasteiger partial charge in [-0.2, -0.15) is 10.3 Å². The van der Waals surface area contributed by atoms with Gasteiger partial charge in [0.15, 0.2) is 29.3 Å². The Hall–Kier alpha value is -5.86. The van der Waals surface area contributed by atoms with Gasteiger partial charge in [0, 0.05) is 24.7 Å². The predicted molar refractivity (Wildman–Crippen MR) is 248 cm³/mol. The molecule has 2 aliphatic rings. The van der Waals surface area contributed by atoms with E-state index in [4.69, 9.17) is 37.8 Å². The highest BCUT2D eigenvalue weighted by Crippen LogP contribution is 2.55. The average molecular weight is 915 g/mol. The molecule has 6 aromatic rings. The van der Waals surface area contributed by atoms with Crippen LogP contribution in [0.5, 0.6) is 11.5 Å². The van der Waals surface area contributed by atoms with Crippen molar-refractivity contribution in [2.75, 3.05) is 46.3 Å². The lowest BCUT2D eigenvalue weighted by Crippen LogP contribution is -2.61. The van der Waals surface area contributed by atoms with Crippen molar-refractivity contribution in [1.82, 2.24) is 29.3 Å². The molecular weight excluding hydrogens is 860 g/mol. The number of nitriles is 1. The van der Waals surface area contributed by atoms with Crippen molar-refractivity contribution in [3.05, 3.63) is 144 Å². The number of carbonyl (C=O) groups excluding carboxylic acids is 1. The summed E-state index contributed by atoms with van der Waals surface area (Å²) in [5.74, 6) is 1.29. The van der Waals surface area contributed by atoms with Crippen molar-refractivity contribution in [2.45, 2.75) is 75.8 Å². The van der Waals surface area contributed by atoms with E-state index >= 15 is 0 Å². The number of fused-ring (bicyclic) bond motifs is 3. The largest absolute Gasteiger partial charge is 0.497 e. The van der Waals surface area contributed by atoms with Crippen LogP contribution in [-0.2, 0) is 29.0 Å². The zero-order chi connectivity index (χ0) is 46.4. The van der Waals surface area contributed by atoms with Crippen LogP contribution in [-0.4, -0.2) is 106 Å². The van der Waals surface area contributed by atoms with Crippen molar-refractivity contribution in [1.29, 1.82) is 5.26 Å². The predicted octanol–water partition coefficient (Wildman–Crippen LogP) is 8.28. The fourth-order valence-corrected chi connectivity index (χ4v) is 10.6. The number of nitrogens with zero attached hydrogens (tertiary/aromatic N) is 7. The van der Waals surface area contributed by atoms with Gasteiger partial charge in [-0.25, -0.2) is 19.6 Å². The molecule has 5 atom stereocenters. The van der Waals surface area contributed by atoms with Crippen molar-refractivity contribution in [3.8, 4) is 17.6 Å². The molecule has 2 bridgehead atoms. The molecule has 8 rings (SSSR count). The maximum Gasteiger partial charge on any atom is 0.259 e. The van der Waals surface area contributed by atoms with Gasteiger partial charge < -0.3 is 33.3 Å². The molecule has 4 aromatic carbocycles. The third-order valence-electron chi connectivity index (χ3n) is 11.7. The number of anilines is 1. The summed E-state index contributed by atoms with van der Waals surface area (Å²) in [6.07, 6.45) is 0.675. The lowest BCUT2D eigenvalue weighted by Gasteiger charge is -2.46. The highest BCUT2D eigenvalue weighted by atomic mass is 31.2. The normalized spacial score (nSPS) is 20.2. The number of hydroxylamine groups is 2. The van der Waals surface area contributed by atoms with Crippen molar-refractivity contribution in [2.24, 2.45) is 0 Å². The van der Waals surface area contributed by atoms with Gasteiger partial charge >= 0.3 is 0 Å². The van der Waals surface area contributed by atoms with E-state index in [9.17, 15) is 10.1 Å². The van der Waals surface area contributed by atoms with Crippen LogP contribution in [0.25, 0.3) is 11.2 Å². The van der Waals surface area contributed by atoms with Gasteiger partial charge in [-0.15, -0.1) is 0 Å². The molecule has 0 aliphatic carbocycles. The minimum absolute atomic E-state index is 0.0154. The Morgan fingerprint density at radius 3 is 2.09 bits per heavy atom. The smallest absolute Gasteiger partial charge is 0.259 e. The molecule has 1 amide bonds. The van der Waals surface area contributed by atoms with Gasteiger partial charge in [-0.05, 0) is 80.8 Å². The summed E-state index contributed by atoms with van der Waals surface area (Å²) in [5, 5.41) is 14.2. The molecule has 16 nitrogen and oxygen atoms in total. The third-order valence-corrected chi connectivity index (χ3v) is 13.8. The second-order valence-electron chi connectivity index (χ2n) is 16.7. The van der Waals surface area contributed by atoms with Crippen molar-refractivity contribution >= 4 is 31.4 Å². The molecule has 0 radical (unpaired) electrons. The Morgan fingerprint density at radius 2 is 1.50 bits per heavy atom. The summed E-state index contributed by atoms with van der Waals surface area (Å²) >= 11 is 0. The van der Waals surface area contributed by atoms with E-state index in [1.54, 1.807) is 54.4 Å². The molecule has 2 fully saturated rings. The Labute approximate surface area is 386 Å². The number of imidazole rings is 1. The summed E-state index contributed by atoms with van der Waals surface area (Å²) in [4.78, 5) is 33.9. The lowest BCUT2D eigenvalue weighted by molar-refractivity contribution is -0.257. The minimum atomic E-state index is -1.80. The first-order valence-electron chi connectivity index (χ1n) is 21.8. The lowest BCUT2D eigenvalue weighted by atomic mass is 9.79. The number of amides is 1. The van der Waals surface area contributed by atoms with Gasteiger partial charge in [-0.1, -0.05) is 72.8 Å². The number of ether oxygens (including phenoxy) is 4. The summed E-state index contributed by atoms with van der Waals surface area (Å²) in [5.41, 5.74) is 1.34. The van der Waals surface area contributed by atoms with Crippen LogP contribution in [0.1, 0.15) is 67.4 Å². The number of rotatable bonds is 19. The summed E-state index contributed by atoms with van der Waals surface area (Å²) in [6, 6.07) is 36.9. The van der Waals surface area contributed by atoms with E-state index in [2.05, 4.69) is 53.7 Å². The summed E-state index contributed by atoms with van der Waals surface area (Å²) in [7, 11) is 3.33. The van der Waals surface area contributed by atoms with E-state index in [0.717, 1.165) is 16.7 Å². The first-order chi connectivity index (χ1) is 32.0. The topological polar surface area (TPSA) is 168 Å². The zero-order valence-corrected chi connectivity index (χ0v) is 39.0. The number of nitrogens with one attached hydrogen (secondary N) is 1. The Bertz CT molecular complexity index is 2540. The van der Waals surface area contributed by atoms with Gasteiger partial charge in [0.1, 0.15) is 35.1 Å². The minimum Gasteiger partial charge on any atom is -0.497 e. The number of benzene rings is 4. The van der Waals surface area contributed by atoms with Crippen LogP contribution >= 0.6 is 8.53 Å². The number of likely N-dealkylation sites (N-methyl/N-ethyl adjacent to an activating group) is 1. The van der Waals surface area contributed by atoms with E-state index in [-0.39, 0.29) is 50.0 Å². The molecule has 2 aromatic heterocycles. The van der Waals surface area contributed by atoms with Crippen LogP contribution in [0.2, 0.25) is 0 Å². The van der Waals surface area contributed by atoms with E-state index < -0.39 is 38.2 Å². The number of aromatic nitrogens is 4. The molecule has 1 N–H and O–H groups in total. The average Bonchev–Trinajstić information content (AvgIpc) is 3.84. The second kappa shape index (κ2) is 20.3. The molecule has 1 unspecified atom stereocenters. The molecular formula is C49H55N8O8P. The van der Waals surface area contributed by atoms with Crippen molar-refractivity contribution < 1.29 is 37.6 Å². The maximum atomic E-state index is 13.3. The molecule has 4 heterocycles. The van der Waals surface area contributed by atoms with Gasteiger partial charge in [0.05, 0.1) is 52.8 Å². The number of methoxy groups -OCH3 is 2. The van der Waals surface area contributed by atoms with Crippen LogP contribution in [0.3, 0.4) is 0 Å². The van der Waals surface area contributed by atoms with Crippen molar-refractivity contribution in [3.63, 3.8) is 0 Å². The van der Waals surface area contributed by atoms with Crippen LogP contribution in [0.15, 0.2) is 122 Å². The molecule has 66 heavy (non-hydrogen) atoms. The molecule has 344 valence electrons. The van der Waals surface area contributed by atoms with E-state index in [0.29, 0.717) is 28.2 Å². The highest BCUT2D eigenvalue weighted by Gasteiger charge is 2.64. The van der Waals surface area contributed by atoms with Gasteiger partial charge in [0.25, 0.3) is 14.4 Å². The molecule has 2 saturated heterocycles. The summed E-state index contributed by atoms with van der Waals surface area (Å²) < 4.78 is 44.0. The Kier molecular flexibility index (Phi) is 14.4. The molecule has 17 heteroatoms. The number of carbonyl (C=O) groups is 1. The van der Waals surface area contributed by atoms with Gasteiger partial charge in [-0.3, -0.25) is 14.2 Å². The van der Waals surface area contributed by atoms with E-state index in [1.807, 2.05) is 92.0 Å². The Morgan fingerprint density at radius 1 is 0.894 bits per heavy atom. The molecule has 0 saturated carbocycles. The van der Waals surface area contributed by atoms with Crippen LogP contribution in [0, 0.1) is 11.3 Å². The first-order valence-corrected chi connectivity index (χ1v) is 23.0. The Balaban J connectivity index is 1.26. The molecule has 2 aliphatic heterocycles.